The molecule has 330 valence electrons. The molecular weight excluding hydrogens is 811 g/mol. The standard InChI is InChI=1S/C37H47F5N8O10/c1-14(2)30(36(59)45-13-23(44)52)50-37(60)31(15(3)4)49-35(58)22(12-24(53)54)48-34(57)21(11-19-25(38)27(40)29(42)28(41)26(19)39)47-32(55)16(5)46-33(56)20(43)10-17-6-8-18(51)9-7-17/h6-9,14-16,20-22,30-31,51H,10-13,43H2,1-5H3,(H2,44,52)(H,45,59)(H,46,56)(H,47,55)(H,48,57)(H,49,58)(H,50,60)(H,53,54)/t16-,20+,21+,22+,30+,31+/m1/s1. The first-order valence-electron chi connectivity index (χ1n) is 18.2. The largest absolute Gasteiger partial charge is 0.508 e. The van der Waals surface area contributed by atoms with Gasteiger partial charge in [-0.15, -0.1) is 0 Å². The van der Waals surface area contributed by atoms with Crippen LogP contribution in [0.4, 0.5) is 22.0 Å². The molecule has 0 fully saturated rings. The average Bonchev–Trinajstić information content (AvgIpc) is 3.17. The van der Waals surface area contributed by atoms with Crippen molar-refractivity contribution in [3.63, 3.8) is 0 Å². The molecule has 60 heavy (non-hydrogen) atoms. The SMILES string of the molecule is CC(C)[C@H](NC(=O)[C@H](CC(=O)O)NC(=O)[C@H](Cc1c(F)c(F)c(F)c(F)c1F)NC(=O)[C@@H](C)NC(=O)[C@@H](N)Cc1ccc(O)cc1)C(=O)N[C@H](C(=O)NCC(N)=O)C(C)C. The predicted molar refractivity (Wildman–Crippen MR) is 199 cm³/mol. The van der Waals surface area contributed by atoms with Gasteiger partial charge in [-0.3, -0.25) is 38.4 Å². The molecular formula is C37H47F5N8O10. The van der Waals surface area contributed by atoms with Gasteiger partial charge in [0.15, 0.2) is 23.3 Å². The molecule has 0 spiro atoms. The minimum atomic E-state index is -2.54. The van der Waals surface area contributed by atoms with Crippen molar-refractivity contribution in [1.82, 2.24) is 31.9 Å². The second kappa shape index (κ2) is 22.1. The lowest BCUT2D eigenvalue weighted by molar-refractivity contribution is -0.141. The zero-order valence-corrected chi connectivity index (χ0v) is 33.0. The Balaban J connectivity index is 2.42. The molecule has 7 amide bonds. The van der Waals surface area contributed by atoms with Crippen LogP contribution >= 0.6 is 0 Å². The van der Waals surface area contributed by atoms with Crippen molar-refractivity contribution in [3.8, 4) is 5.75 Å². The summed E-state index contributed by atoms with van der Waals surface area (Å²) in [4.78, 5) is 102. The first kappa shape index (κ1) is 49.8. The van der Waals surface area contributed by atoms with E-state index >= 15 is 0 Å². The number of aliphatic carboxylic acids is 1. The van der Waals surface area contributed by atoms with Gasteiger partial charge in [0.1, 0.15) is 36.0 Å². The molecule has 0 saturated heterocycles. The molecule has 0 bridgehead atoms. The van der Waals surface area contributed by atoms with Crippen molar-refractivity contribution in [2.24, 2.45) is 23.3 Å². The summed E-state index contributed by atoms with van der Waals surface area (Å²) in [5, 5.41) is 32.1. The summed E-state index contributed by atoms with van der Waals surface area (Å²) in [6, 6.07) is -4.51. The van der Waals surface area contributed by atoms with E-state index in [-0.39, 0.29) is 12.2 Å². The van der Waals surface area contributed by atoms with Crippen molar-refractivity contribution < 1.29 is 70.5 Å². The fourth-order valence-electron chi connectivity index (χ4n) is 5.41. The highest BCUT2D eigenvalue weighted by molar-refractivity contribution is 5.98. The lowest BCUT2D eigenvalue weighted by Gasteiger charge is -2.29. The van der Waals surface area contributed by atoms with E-state index in [1.807, 2.05) is 10.6 Å². The van der Waals surface area contributed by atoms with Crippen LogP contribution in [0.25, 0.3) is 0 Å². The van der Waals surface area contributed by atoms with Crippen molar-refractivity contribution in [2.45, 2.75) is 90.1 Å². The molecule has 0 aliphatic rings. The number of carboxylic acid groups (broad SMARTS) is 1. The monoisotopic (exact) mass is 858 g/mol. The number of phenols is 1. The van der Waals surface area contributed by atoms with Gasteiger partial charge in [-0.05, 0) is 42.9 Å². The van der Waals surface area contributed by atoms with E-state index in [0.29, 0.717) is 5.56 Å². The highest BCUT2D eigenvalue weighted by Crippen LogP contribution is 2.24. The number of carbonyl (C=O) groups excluding carboxylic acids is 7. The molecule has 18 nitrogen and oxygen atoms in total. The van der Waals surface area contributed by atoms with E-state index in [1.165, 1.54) is 38.1 Å². The van der Waals surface area contributed by atoms with Crippen LogP contribution in [0.1, 0.15) is 52.2 Å². The quantitative estimate of drug-likeness (QED) is 0.0414. The van der Waals surface area contributed by atoms with Crippen molar-refractivity contribution in [3.05, 3.63) is 64.5 Å². The fraction of sp³-hybridized carbons (Fsp3) is 0.459. The number of rotatable bonds is 21. The molecule has 0 heterocycles. The van der Waals surface area contributed by atoms with Gasteiger partial charge in [0.05, 0.1) is 19.0 Å². The summed E-state index contributed by atoms with van der Waals surface area (Å²) in [6.07, 6.45) is -2.78. The van der Waals surface area contributed by atoms with Crippen LogP contribution in [0.15, 0.2) is 24.3 Å². The lowest BCUT2D eigenvalue weighted by Crippen LogP contribution is -2.61. The van der Waals surface area contributed by atoms with Crippen molar-refractivity contribution in [2.75, 3.05) is 6.54 Å². The molecule has 0 saturated carbocycles. The van der Waals surface area contributed by atoms with E-state index in [2.05, 4.69) is 21.3 Å². The summed E-state index contributed by atoms with van der Waals surface area (Å²) in [7, 11) is 0. The van der Waals surface area contributed by atoms with Gasteiger partial charge in [-0.2, -0.15) is 0 Å². The minimum absolute atomic E-state index is 0.0634. The molecule has 23 heteroatoms. The maximum absolute atomic E-state index is 14.8. The molecule has 0 unspecified atom stereocenters. The molecule has 6 atom stereocenters. The maximum Gasteiger partial charge on any atom is 0.305 e. The smallest absolute Gasteiger partial charge is 0.305 e. The van der Waals surface area contributed by atoms with Crippen LogP contribution in [0.5, 0.6) is 5.75 Å². The number of benzene rings is 2. The van der Waals surface area contributed by atoms with Crippen molar-refractivity contribution in [1.29, 1.82) is 0 Å². The Hall–Kier alpha value is -6.39. The number of aromatic hydroxyl groups is 1. The Morgan fingerprint density at radius 2 is 1.07 bits per heavy atom. The van der Waals surface area contributed by atoms with Gasteiger partial charge in [-0.25, -0.2) is 22.0 Å². The van der Waals surface area contributed by atoms with E-state index in [1.54, 1.807) is 13.8 Å². The number of carboxylic acids is 1. The van der Waals surface area contributed by atoms with Crippen LogP contribution < -0.4 is 43.4 Å². The topological polar surface area (TPSA) is 301 Å². The van der Waals surface area contributed by atoms with Gasteiger partial charge in [0.25, 0.3) is 0 Å². The third-order valence-electron chi connectivity index (χ3n) is 8.77. The van der Waals surface area contributed by atoms with Crippen molar-refractivity contribution >= 4 is 47.3 Å². The number of hydrogen-bond acceptors (Lipinski definition) is 10. The summed E-state index contributed by atoms with van der Waals surface area (Å²) in [5.74, 6) is -23.0. The van der Waals surface area contributed by atoms with Gasteiger partial charge in [0.2, 0.25) is 47.2 Å². The normalized spacial score (nSPS) is 14.2. The molecule has 12 N–H and O–H groups in total. The zero-order chi connectivity index (χ0) is 45.8. The summed E-state index contributed by atoms with van der Waals surface area (Å²) in [5.41, 5.74) is 9.90. The first-order chi connectivity index (χ1) is 27.8. The molecule has 2 aromatic carbocycles. The molecule has 0 aromatic heterocycles. The summed E-state index contributed by atoms with van der Waals surface area (Å²) >= 11 is 0. The van der Waals surface area contributed by atoms with E-state index < -0.39 is 149 Å². The number of halogens is 5. The summed E-state index contributed by atoms with van der Waals surface area (Å²) in [6.45, 7) is 6.50. The van der Waals surface area contributed by atoms with Gasteiger partial charge in [0, 0.05) is 12.0 Å². The van der Waals surface area contributed by atoms with E-state index in [0.717, 1.165) is 6.92 Å². The van der Waals surface area contributed by atoms with Crippen LogP contribution in [-0.2, 0) is 51.2 Å². The van der Waals surface area contributed by atoms with Crippen LogP contribution in [0.2, 0.25) is 0 Å². The third-order valence-corrected chi connectivity index (χ3v) is 8.77. The molecule has 0 aliphatic carbocycles. The maximum atomic E-state index is 14.8. The Kier molecular flexibility index (Phi) is 18.3. The number of amides is 7. The van der Waals surface area contributed by atoms with Gasteiger partial charge < -0.3 is 53.6 Å². The van der Waals surface area contributed by atoms with Crippen LogP contribution in [0, 0.1) is 40.9 Å². The second-order valence-electron chi connectivity index (χ2n) is 14.3. The number of primary amides is 1. The number of hydrogen-bond donors (Lipinski definition) is 10. The molecule has 2 rings (SSSR count). The Bertz CT molecular complexity index is 1920. The van der Waals surface area contributed by atoms with Crippen LogP contribution in [0.3, 0.4) is 0 Å². The minimum Gasteiger partial charge on any atom is -0.508 e. The zero-order valence-electron chi connectivity index (χ0n) is 33.0. The Morgan fingerprint density at radius 3 is 1.57 bits per heavy atom. The van der Waals surface area contributed by atoms with Gasteiger partial charge >= 0.3 is 5.97 Å². The average molecular weight is 859 g/mol. The molecule has 0 radical (unpaired) electrons. The Morgan fingerprint density at radius 1 is 0.600 bits per heavy atom. The molecule has 0 aliphatic heterocycles. The molecule has 2 aromatic rings. The first-order valence-corrected chi connectivity index (χ1v) is 18.2. The number of nitrogens with two attached hydrogens (primary N) is 2. The van der Waals surface area contributed by atoms with E-state index in [4.69, 9.17) is 11.5 Å². The summed E-state index contributed by atoms with van der Waals surface area (Å²) < 4.78 is 71.9. The van der Waals surface area contributed by atoms with E-state index in [9.17, 15) is 70.5 Å². The highest BCUT2D eigenvalue weighted by atomic mass is 19.2. The Labute approximate surface area is 339 Å². The number of nitrogens with one attached hydrogen (secondary N) is 6. The van der Waals surface area contributed by atoms with Crippen LogP contribution in [-0.4, -0.2) is 100 Å². The lowest BCUT2D eigenvalue weighted by atomic mass is 9.99. The predicted octanol–water partition coefficient (Wildman–Crippen LogP) is -0.968. The highest BCUT2D eigenvalue weighted by Gasteiger charge is 2.36. The number of carbonyl (C=O) groups is 8. The number of phenolic OH excluding ortho intramolecular Hbond substituents is 1. The van der Waals surface area contributed by atoms with Gasteiger partial charge in [-0.1, -0.05) is 39.8 Å². The second-order valence-corrected chi connectivity index (χ2v) is 14.3. The fourth-order valence-corrected chi connectivity index (χ4v) is 5.41. The third kappa shape index (κ3) is 14.2.